The first-order valence-corrected chi connectivity index (χ1v) is 4.72. The molecule has 0 bridgehead atoms. The molecule has 0 aliphatic rings. The molecule has 0 unspecified atom stereocenters. The van der Waals surface area contributed by atoms with Gasteiger partial charge in [-0.25, -0.2) is 0 Å². The molecule has 0 aromatic carbocycles. The largest absolute Gasteiger partial charge is 0.379 e. The van der Waals surface area contributed by atoms with Crippen LogP contribution in [-0.2, 0) is 4.74 Å². The zero-order chi connectivity index (χ0) is 7.98. The van der Waals surface area contributed by atoms with Crippen molar-refractivity contribution >= 4 is 22.9 Å². The molecule has 0 aromatic heterocycles. The smallest absolute Gasteiger partial charge is 0.0518 e. The molecule has 0 rings (SSSR count). The molecule has 0 aromatic rings. The quantitative estimate of drug-likeness (QED) is 0.601. The molecule has 0 heterocycles. The monoisotopic (exact) mass is 257 g/mol. The van der Waals surface area contributed by atoms with E-state index in [1.165, 1.54) is 0 Å². The summed E-state index contributed by atoms with van der Waals surface area (Å²) in [5.41, 5.74) is 0. The minimum Gasteiger partial charge on any atom is -0.379 e. The van der Waals surface area contributed by atoms with Gasteiger partial charge in [0.2, 0.25) is 0 Å². The average molecular weight is 257 g/mol. The van der Waals surface area contributed by atoms with Gasteiger partial charge in [0.05, 0.1) is 6.10 Å². The predicted octanol–water partition coefficient (Wildman–Crippen LogP) is 2.13. The number of hydrogen-bond acceptors (Lipinski definition) is 2. The van der Waals surface area contributed by atoms with Gasteiger partial charge in [0.1, 0.15) is 0 Å². The lowest BCUT2D eigenvalue weighted by molar-refractivity contribution is 0.0741. The lowest BCUT2D eigenvalue weighted by atomic mass is 10.3. The first kappa shape index (κ1) is 10.7. The van der Waals surface area contributed by atoms with Crippen LogP contribution in [0.5, 0.6) is 0 Å². The molecule has 0 amide bonds. The van der Waals surface area contributed by atoms with Crippen molar-refractivity contribution in [1.29, 1.82) is 0 Å². The Balaban J connectivity index is 3.03. The Morgan fingerprint density at radius 2 is 2.00 bits per heavy atom. The summed E-state index contributed by atoms with van der Waals surface area (Å²) in [6.45, 7) is 7.12. The van der Waals surface area contributed by atoms with Crippen LogP contribution in [0.2, 0.25) is 0 Å². The molecule has 0 aliphatic heterocycles. The summed E-state index contributed by atoms with van der Waals surface area (Å²) in [6, 6.07) is 0.555. The SMILES string of the molecule is CC(C)OCC[C@H](C)NI. The predicted molar refractivity (Wildman–Crippen MR) is 52.3 cm³/mol. The van der Waals surface area contributed by atoms with E-state index in [0.717, 1.165) is 13.0 Å². The van der Waals surface area contributed by atoms with Gasteiger partial charge in [-0.15, -0.1) is 0 Å². The zero-order valence-electron chi connectivity index (χ0n) is 6.86. The number of hydrogen-bond donors (Lipinski definition) is 1. The molecule has 0 saturated carbocycles. The van der Waals surface area contributed by atoms with E-state index in [2.05, 4.69) is 47.2 Å². The van der Waals surface area contributed by atoms with Gasteiger partial charge < -0.3 is 4.74 Å². The van der Waals surface area contributed by atoms with Crippen molar-refractivity contribution in [3.8, 4) is 0 Å². The van der Waals surface area contributed by atoms with Crippen LogP contribution in [0.3, 0.4) is 0 Å². The van der Waals surface area contributed by atoms with Crippen LogP contribution < -0.4 is 3.53 Å². The van der Waals surface area contributed by atoms with Crippen LogP contribution in [0.15, 0.2) is 0 Å². The summed E-state index contributed by atoms with van der Waals surface area (Å²) in [5.74, 6) is 0. The minimum atomic E-state index is 0.362. The number of rotatable bonds is 5. The summed E-state index contributed by atoms with van der Waals surface area (Å²) in [7, 11) is 0. The van der Waals surface area contributed by atoms with Gasteiger partial charge in [-0.2, -0.15) is 0 Å². The van der Waals surface area contributed by atoms with E-state index in [1.807, 2.05) is 0 Å². The highest BCUT2D eigenvalue weighted by Crippen LogP contribution is 1.96. The maximum absolute atomic E-state index is 5.37. The summed E-state index contributed by atoms with van der Waals surface area (Å²) in [4.78, 5) is 0. The van der Waals surface area contributed by atoms with Crippen LogP contribution >= 0.6 is 22.9 Å². The van der Waals surface area contributed by atoms with E-state index in [-0.39, 0.29) is 0 Å². The Morgan fingerprint density at radius 1 is 1.40 bits per heavy atom. The number of ether oxygens (including phenoxy) is 1. The summed E-state index contributed by atoms with van der Waals surface area (Å²) in [6.07, 6.45) is 1.45. The molecule has 3 heteroatoms. The fourth-order valence-electron chi connectivity index (χ4n) is 0.535. The Kier molecular flexibility index (Phi) is 6.78. The Bertz CT molecular complexity index is 78.0. The first-order chi connectivity index (χ1) is 4.66. The molecular weight excluding hydrogens is 241 g/mol. The van der Waals surface area contributed by atoms with Crippen molar-refractivity contribution in [2.45, 2.75) is 39.3 Å². The minimum absolute atomic E-state index is 0.362. The van der Waals surface area contributed by atoms with E-state index in [4.69, 9.17) is 4.74 Å². The van der Waals surface area contributed by atoms with Crippen LogP contribution in [0, 0.1) is 0 Å². The van der Waals surface area contributed by atoms with E-state index in [9.17, 15) is 0 Å². The van der Waals surface area contributed by atoms with Gasteiger partial charge in [0.25, 0.3) is 0 Å². The molecule has 10 heavy (non-hydrogen) atoms. The molecule has 0 fully saturated rings. The van der Waals surface area contributed by atoms with Gasteiger partial charge in [-0.3, -0.25) is 3.53 Å². The average Bonchev–Trinajstić information content (AvgIpc) is 1.87. The van der Waals surface area contributed by atoms with Gasteiger partial charge in [0.15, 0.2) is 0 Å². The number of halogens is 1. The van der Waals surface area contributed by atoms with Crippen molar-refractivity contribution in [1.82, 2.24) is 3.53 Å². The fraction of sp³-hybridized carbons (Fsp3) is 1.00. The third-order valence-corrected chi connectivity index (χ3v) is 2.25. The highest BCUT2D eigenvalue weighted by atomic mass is 127. The van der Waals surface area contributed by atoms with Crippen molar-refractivity contribution in [2.75, 3.05) is 6.61 Å². The second kappa shape index (κ2) is 6.37. The molecule has 62 valence electrons. The van der Waals surface area contributed by atoms with Gasteiger partial charge >= 0.3 is 0 Å². The molecule has 0 spiro atoms. The van der Waals surface area contributed by atoms with E-state index in [1.54, 1.807) is 0 Å². The third kappa shape index (κ3) is 6.77. The topological polar surface area (TPSA) is 21.3 Å². The zero-order valence-corrected chi connectivity index (χ0v) is 9.01. The highest BCUT2D eigenvalue weighted by molar-refractivity contribution is 14.1. The standard InChI is InChI=1S/C7H16INO/c1-6(2)10-5-4-7(3)9-8/h6-7,9H,4-5H2,1-3H3/t7-/m0/s1. The van der Waals surface area contributed by atoms with Crippen LogP contribution in [0.25, 0.3) is 0 Å². The molecule has 0 radical (unpaired) electrons. The van der Waals surface area contributed by atoms with Crippen LogP contribution in [0.4, 0.5) is 0 Å². The molecular formula is C7H16INO. The van der Waals surface area contributed by atoms with Gasteiger partial charge in [-0.1, -0.05) is 0 Å². The number of nitrogens with one attached hydrogen (secondary N) is 1. The van der Waals surface area contributed by atoms with Crippen LogP contribution in [-0.4, -0.2) is 18.8 Å². The second-order valence-electron chi connectivity index (χ2n) is 2.72. The van der Waals surface area contributed by atoms with E-state index >= 15 is 0 Å². The fourth-order valence-corrected chi connectivity index (χ4v) is 0.846. The van der Waals surface area contributed by atoms with Crippen molar-refractivity contribution in [3.05, 3.63) is 0 Å². The summed E-state index contributed by atoms with van der Waals surface area (Å²) < 4.78 is 8.50. The van der Waals surface area contributed by atoms with Crippen molar-refractivity contribution in [3.63, 3.8) is 0 Å². The van der Waals surface area contributed by atoms with Crippen molar-refractivity contribution in [2.24, 2.45) is 0 Å². The Morgan fingerprint density at radius 3 is 2.40 bits per heavy atom. The van der Waals surface area contributed by atoms with Gasteiger partial charge in [-0.05, 0) is 27.2 Å². The maximum atomic E-state index is 5.37. The summed E-state index contributed by atoms with van der Waals surface area (Å²) in [5, 5.41) is 0. The maximum Gasteiger partial charge on any atom is 0.0518 e. The Labute approximate surface area is 77.2 Å². The summed E-state index contributed by atoms with van der Waals surface area (Å²) >= 11 is 2.16. The first-order valence-electron chi connectivity index (χ1n) is 3.64. The molecule has 2 nitrogen and oxygen atoms in total. The second-order valence-corrected chi connectivity index (χ2v) is 3.34. The Hall–Kier alpha value is 0.650. The molecule has 1 atom stereocenters. The van der Waals surface area contributed by atoms with E-state index in [0.29, 0.717) is 12.1 Å². The molecule has 1 N–H and O–H groups in total. The van der Waals surface area contributed by atoms with Crippen molar-refractivity contribution < 1.29 is 4.74 Å². The normalized spacial score (nSPS) is 14.1. The van der Waals surface area contributed by atoms with Crippen LogP contribution in [0.1, 0.15) is 27.2 Å². The molecule has 0 saturated heterocycles. The van der Waals surface area contributed by atoms with Gasteiger partial charge in [0, 0.05) is 35.5 Å². The highest BCUT2D eigenvalue weighted by Gasteiger charge is 1.98. The molecule has 0 aliphatic carbocycles. The lowest BCUT2D eigenvalue weighted by Gasteiger charge is -2.10. The third-order valence-electron chi connectivity index (χ3n) is 1.19. The lowest BCUT2D eigenvalue weighted by Crippen LogP contribution is -2.18. The van der Waals surface area contributed by atoms with E-state index < -0.39 is 0 Å².